The summed E-state index contributed by atoms with van der Waals surface area (Å²) in [5.74, 6) is -0.987. The normalized spacial score (nSPS) is 13.7. The Morgan fingerprint density at radius 2 is 1.86 bits per heavy atom. The van der Waals surface area contributed by atoms with Crippen LogP contribution < -0.4 is 11.1 Å². The summed E-state index contributed by atoms with van der Waals surface area (Å²) in [7, 11) is 0. The average Bonchev–Trinajstić information content (AvgIpc) is 3.33. The van der Waals surface area contributed by atoms with Gasteiger partial charge in [-0.05, 0) is 43.2 Å². The molecular weight excluding hydrogens is 370 g/mol. The van der Waals surface area contributed by atoms with Gasteiger partial charge in [-0.3, -0.25) is 14.4 Å². The second-order valence-electron chi connectivity index (χ2n) is 7.20. The molecule has 1 aliphatic rings. The van der Waals surface area contributed by atoms with E-state index in [0.717, 1.165) is 18.4 Å². The summed E-state index contributed by atoms with van der Waals surface area (Å²) in [5.41, 5.74) is 8.82. The predicted molar refractivity (Wildman–Crippen MR) is 106 cm³/mol. The molecule has 8 nitrogen and oxygen atoms in total. The molecule has 4 N–H and O–H groups in total. The molecule has 2 aromatic carbocycles. The Hall–Kier alpha value is -3.94. The molecule has 1 saturated carbocycles. The number of hydrogen-bond donors (Lipinski definition) is 3. The Labute approximate surface area is 164 Å². The second kappa shape index (κ2) is 6.30. The molecule has 0 radical (unpaired) electrons. The van der Waals surface area contributed by atoms with Gasteiger partial charge in [0.25, 0.3) is 5.91 Å². The Morgan fingerprint density at radius 1 is 1.07 bits per heavy atom. The maximum Gasteiger partial charge on any atom is 0.251 e. The maximum atomic E-state index is 13.0. The van der Waals surface area contributed by atoms with E-state index in [2.05, 4.69) is 15.4 Å². The minimum atomic E-state index is -0.595. The number of amides is 2. The number of carbonyl (C=O) groups excluding carboxylic acids is 3. The molecule has 0 spiro atoms. The molecule has 4 aromatic rings. The number of ketones is 1. The minimum Gasteiger partial charge on any atom is -0.366 e. The summed E-state index contributed by atoms with van der Waals surface area (Å²) in [6.45, 7) is 0. The van der Waals surface area contributed by atoms with E-state index >= 15 is 0 Å². The summed E-state index contributed by atoms with van der Waals surface area (Å²) in [4.78, 5) is 39.9. The third-order valence-electron chi connectivity index (χ3n) is 5.08. The fourth-order valence-corrected chi connectivity index (χ4v) is 3.36. The van der Waals surface area contributed by atoms with Gasteiger partial charge in [0.1, 0.15) is 5.65 Å². The molecular formula is C21H17N5O3. The highest BCUT2D eigenvalue weighted by Gasteiger charge is 2.24. The molecule has 2 aromatic heterocycles. The highest BCUT2D eigenvalue weighted by Crippen LogP contribution is 2.24. The van der Waals surface area contributed by atoms with Gasteiger partial charge in [0.05, 0.1) is 22.8 Å². The second-order valence-corrected chi connectivity index (χ2v) is 7.20. The molecule has 144 valence electrons. The van der Waals surface area contributed by atoms with Crippen LogP contribution in [0.3, 0.4) is 0 Å². The first kappa shape index (κ1) is 17.2. The number of primary amides is 1. The first-order valence-electron chi connectivity index (χ1n) is 9.26. The number of rotatable bonds is 5. The molecule has 1 fully saturated rings. The monoisotopic (exact) mass is 387 g/mol. The molecule has 1 aliphatic carbocycles. The van der Waals surface area contributed by atoms with Gasteiger partial charge < -0.3 is 16.0 Å². The van der Waals surface area contributed by atoms with E-state index in [4.69, 9.17) is 5.73 Å². The van der Waals surface area contributed by atoms with Gasteiger partial charge in [-0.15, -0.1) is 0 Å². The molecule has 29 heavy (non-hydrogen) atoms. The van der Waals surface area contributed by atoms with Crippen molar-refractivity contribution < 1.29 is 14.4 Å². The molecule has 5 rings (SSSR count). The quantitative estimate of drug-likeness (QED) is 0.454. The number of nitrogens with one attached hydrogen (secondary N) is 2. The maximum absolute atomic E-state index is 13.0. The lowest BCUT2D eigenvalue weighted by Gasteiger charge is -2.02. The summed E-state index contributed by atoms with van der Waals surface area (Å²) in [6, 6.07) is 11.8. The van der Waals surface area contributed by atoms with Gasteiger partial charge in [-0.25, -0.2) is 4.52 Å². The number of fused-ring (bicyclic) bond motifs is 3. The van der Waals surface area contributed by atoms with Gasteiger partial charge in [0.15, 0.2) is 5.78 Å². The van der Waals surface area contributed by atoms with Crippen LogP contribution in [0.25, 0.3) is 16.7 Å². The van der Waals surface area contributed by atoms with Crippen molar-refractivity contribution in [3.05, 3.63) is 70.9 Å². The molecule has 0 saturated heterocycles. The molecule has 0 bridgehead atoms. The number of imidazole rings is 1. The van der Waals surface area contributed by atoms with Gasteiger partial charge in [-0.1, -0.05) is 12.1 Å². The van der Waals surface area contributed by atoms with Crippen molar-refractivity contribution >= 4 is 34.3 Å². The smallest absolute Gasteiger partial charge is 0.251 e. The molecule has 2 amide bonds. The number of nitrogens with two attached hydrogens (primary N) is 1. The average molecular weight is 387 g/mol. The highest BCUT2D eigenvalue weighted by atomic mass is 16.2. The SMILES string of the molecule is NC(=O)c1cccc(C(=O)c2cnn3c2[nH]c2ccc(C(=O)NC4CC4)cc23)c1. The van der Waals surface area contributed by atoms with E-state index in [0.29, 0.717) is 27.9 Å². The standard InChI is InChI=1S/C21H17N5O3/c22-19(28)12-3-1-2-11(8-12)18(27)15-10-23-26-17-9-13(21(29)24-14-5-6-14)4-7-16(17)25-20(15)26/h1-4,7-10,14,25H,5-6H2,(H2,22,28)(H,24,29). The number of H-pyrrole nitrogens is 1. The van der Waals surface area contributed by atoms with Crippen molar-refractivity contribution in [1.82, 2.24) is 19.9 Å². The van der Waals surface area contributed by atoms with Crippen molar-refractivity contribution in [2.45, 2.75) is 18.9 Å². The van der Waals surface area contributed by atoms with Crippen LogP contribution in [0.15, 0.2) is 48.7 Å². The van der Waals surface area contributed by atoms with Crippen molar-refractivity contribution in [1.29, 1.82) is 0 Å². The van der Waals surface area contributed by atoms with Crippen molar-refractivity contribution in [2.75, 3.05) is 0 Å². The Balaban J connectivity index is 1.55. The number of carbonyl (C=O) groups is 3. The van der Waals surface area contributed by atoms with Crippen LogP contribution in [0.2, 0.25) is 0 Å². The van der Waals surface area contributed by atoms with Gasteiger partial charge in [0.2, 0.25) is 5.91 Å². The van der Waals surface area contributed by atoms with Gasteiger partial charge in [0, 0.05) is 22.7 Å². The predicted octanol–water partition coefficient (Wildman–Crippen LogP) is 2.04. The molecule has 0 unspecified atom stereocenters. The van der Waals surface area contributed by atoms with E-state index in [1.165, 1.54) is 12.3 Å². The van der Waals surface area contributed by atoms with Crippen LogP contribution in [0.4, 0.5) is 0 Å². The summed E-state index contributed by atoms with van der Waals surface area (Å²) in [5, 5.41) is 7.29. The van der Waals surface area contributed by atoms with Gasteiger partial charge >= 0.3 is 0 Å². The topological polar surface area (TPSA) is 122 Å². The summed E-state index contributed by atoms with van der Waals surface area (Å²) >= 11 is 0. The van der Waals surface area contributed by atoms with E-state index in [9.17, 15) is 14.4 Å². The van der Waals surface area contributed by atoms with Crippen LogP contribution in [-0.4, -0.2) is 38.2 Å². The molecule has 0 atom stereocenters. The molecule has 0 aliphatic heterocycles. The number of benzene rings is 2. The first-order chi connectivity index (χ1) is 14.0. The van der Waals surface area contributed by atoms with Crippen LogP contribution in [0, 0.1) is 0 Å². The molecule has 8 heteroatoms. The van der Waals surface area contributed by atoms with Crippen molar-refractivity contribution in [3.63, 3.8) is 0 Å². The lowest BCUT2D eigenvalue weighted by atomic mass is 10.0. The number of hydrogen-bond acceptors (Lipinski definition) is 4. The zero-order chi connectivity index (χ0) is 20.1. The highest BCUT2D eigenvalue weighted by molar-refractivity contribution is 6.14. The minimum absolute atomic E-state index is 0.115. The third kappa shape index (κ3) is 2.94. The zero-order valence-electron chi connectivity index (χ0n) is 15.3. The van der Waals surface area contributed by atoms with Crippen LogP contribution in [0.1, 0.15) is 49.5 Å². The lowest BCUT2D eigenvalue weighted by Crippen LogP contribution is -2.25. The summed E-state index contributed by atoms with van der Waals surface area (Å²) < 4.78 is 1.61. The fraction of sp³-hybridized carbons (Fsp3) is 0.143. The fourth-order valence-electron chi connectivity index (χ4n) is 3.36. The Bertz CT molecular complexity index is 1310. The van der Waals surface area contributed by atoms with Crippen molar-refractivity contribution in [2.24, 2.45) is 5.73 Å². The zero-order valence-corrected chi connectivity index (χ0v) is 15.3. The van der Waals surface area contributed by atoms with Crippen LogP contribution in [-0.2, 0) is 0 Å². The van der Waals surface area contributed by atoms with E-state index in [1.54, 1.807) is 40.9 Å². The molecule has 2 heterocycles. The Kier molecular flexibility index (Phi) is 3.73. The Morgan fingerprint density at radius 3 is 2.62 bits per heavy atom. The number of aromatic nitrogens is 3. The largest absolute Gasteiger partial charge is 0.366 e. The van der Waals surface area contributed by atoms with Crippen LogP contribution >= 0.6 is 0 Å². The first-order valence-corrected chi connectivity index (χ1v) is 9.26. The van der Waals surface area contributed by atoms with E-state index < -0.39 is 5.91 Å². The number of aromatic amines is 1. The summed E-state index contributed by atoms with van der Waals surface area (Å²) in [6.07, 6.45) is 3.51. The third-order valence-corrected chi connectivity index (χ3v) is 5.08. The number of nitrogens with zero attached hydrogens (tertiary/aromatic N) is 2. The van der Waals surface area contributed by atoms with Crippen molar-refractivity contribution in [3.8, 4) is 0 Å². The lowest BCUT2D eigenvalue weighted by molar-refractivity contribution is 0.0949. The van der Waals surface area contributed by atoms with Gasteiger partial charge in [-0.2, -0.15) is 5.10 Å². The van der Waals surface area contributed by atoms with E-state index in [1.807, 2.05) is 0 Å². The van der Waals surface area contributed by atoms with E-state index in [-0.39, 0.29) is 23.3 Å². The van der Waals surface area contributed by atoms with Crippen LogP contribution in [0.5, 0.6) is 0 Å².